The van der Waals surface area contributed by atoms with Crippen LogP contribution >= 0.6 is 15.9 Å². The molecule has 154 valence electrons. The summed E-state index contributed by atoms with van der Waals surface area (Å²) in [6, 6.07) is 3.34. The minimum absolute atomic E-state index is 0.0218. The van der Waals surface area contributed by atoms with Gasteiger partial charge in [-0.15, -0.1) is 0 Å². The van der Waals surface area contributed by atoms with Gasteiger partial charge >= 0.3 is 0 Å². The normalized spacial score (nSPS) is 15.8. The molecule has 1 aliphatic heterocycles. The van der Waals surface area contributed by atoms with Crippen molar-refractivity contribution in [2.75, 3.05) is 23.3 Å². The number of carbonyl (C=O) groups is 1. The van der Waals surface area contributed by atoms with Gasteiger partial charge in [-0.05, 0) is 13.0 Å². The van der Waals surface area contributed by atoms with E-state index in [2.05, 4.69) is 31.2 Å². The van der Waals surface area contributed by atoms with Crippen molar-refractivity contribution in [1.82, 2.24) is 9.97 Å². The van der Waals surface area contributed by atoms with Crippen molar-refractivity contribution in [2.24, 2.45) is 0 Å². The SMILES string of the molecule is Cc1cc(NC(=O)c2c(F)cc(Br)cc2[N+](=O)[O-])nc(N2CCC(F)(F)CC2)n1. The summed E-state index contributed by atoms with van der Waals surface area (Å²) in [5.41, 5.74) is -1.01. The molecule has 2 heterocycles. The Bertz CT molecular complexity index is 979. The quantitative estimate of drug-likeness (QED) is 0.530. The van der Waals surface area contributed by atoms with Crippen LogP contribution in [0.3, 0.4) is 0 Å². The second-order valence-electron chi connectivity index (χ2n) is 6.53. The lowest BCUT2D eigenvalue weighted by atomic mass is 10.1. The number of nitro groups is 1. The molecule has 1 saturated heterocycles. The van der Waals surface area contributed by atoms with Gasteiger partial charge in [0.25, 0.3) is 17.5 Å². The Morgan fingerprint density at radius 1 is 1.28 bits per heavy atom. The summed E-state index contributed by atoms with van der Waals surface area (Å²) in [7, 11) is 0. The Kier molecular flexibility index (Phi) is 5.73. The number of halogens is 4. The number of aromatic nitrogens is 2. The van der Waals surface area contributed by atoms with E-state index in [0.717, 1.165) is 12.1 Å². The van der Waals surface area contributed by atoms with Crippen LogP contribution in [0.25, 0.3) is 0 Å². The first kappa shape index (κ1) is 21.0. The Labute approximate surface area is 171 Å². The van der Waals surface area contributed by atoms with Crippen molar-refractivity contribution >= 4 is 39.3 Å². The first-order valence-corrected chi connectivity index (χ1v) is 9.28. The highest BCUT2D eigenvalue weighted by Crippen LogP contribution is 2.30. The number of carbonyl (C=O) groups excluding carboxylic acids is 1. The first-order chi connectivity index (χ1) is 13.6. The Morgan fingerprint density at radius 2 is 1.93 bits per heavy atom. The molecule has 1 fully saturated rings. The number of hydrogen-bond donors (Lipinski definition) is 1. The number of nitro benzene ring substituents is 1. The first-order valence-electron chi connectivity index (χ1n) is 8.49. The van der Waals surface area contributed by atoms with Crippen LogP contribution in [0.15, 0.2) is 22.7 Å². The standard InChI is InChI=1S/C17H15BrF3N5O3/c1-9-6-13(24-16(22-9)25-4-2-17(20,21)3-5-25)23-15(27)14-11(19)7-10(18)8-12(14)26(28)29/h6-8H,2-5H2,1H3,(H,22,23,24,27). The largest absolute Gasteiger partial charge is 0.340 e. The Hall–Kier alpha value is -2.76. The lowest BCUT2D eigenvalue weighted by Crippen LogP contribution is -2.40. The molecule has 1 aromatic heterocycles. The fraction of sp³-hybridized carbons (Fsp3) is 0.353. The van der Waals surface area contributed by atoms with E-state index in [1.807, 2.05) is 0 Å². The van der Waals surface area contributed by atoms with Crippen molar-refractivity contribution in [3.05, 3.63) is 49.9 Å². The van der Waals surface area contributed by atoms with E-state index in [0.29, 0.717) is 5.69 Å². The summed E-state index contributed by atoms with van der Waals surface area (Å²) in [5, 5.41) is 13.5. The molecular weight excluding hydrogens is 459 g/mol. The summed E-state index contributed by atoms with van der Waals surface area (Å²) in [5.74, 6) is -4.76. The third-order valence-corrected chi connectivity index (χ3v) is 4.78. The highest BCUT2D eigenvalue weighted by Gasteiger charge is 2.35. The number of amides is 1. The Balaban J connectivity index is 1.87. The van der Waals surface area contributed by atoms with Gasteiger partial charge in [-0.3, -0.25) is 14.9 Å². The molecule has 8 nitrogen and oxygen atoms in total. The van der Waals surface area contributed by atoms with Crippen LogP contribution < -0.4 is 10.2 Å². The van der Waals surface area contributed by atoms with Gasteiger partial charge in [0.1, 0.15) is 11.6 Å². The molecular formula is C17H15BrF3N5O3. The predicted molar refractivity (Wildman–Crippen MR) is 102 cm³/mol. The van der Waals surface area contributed by atoms with E-state index >= 15 is 0 Å². The number of hydrogen-bond acceptors (Lipinski definition) is 6. The average molecular weight is 474 g/mol. The molecule has 29 heavy (non-hydrogen) atoms. The van der Waals surface area contributed by atoms with E-state index in [-0.39, 0.29) is 42.2 Å². The summed E-state index contributed by atoms with van der Waals surface area (Å²) in [6.07, 6.45) is -0.690. The van der Waals surface area contributed by atoms with Gasteiger partial charge in [-0.2, -0.15) is 4.98 Å². The van der Waals surface area contributed by atoms with Crippen molar-refractivity contribution in [3.63, 3.8) is 0 Å². The van der Waals surface area contributed by atoms with E-state index in [9.17, 15) is 28.1 Å². The van der Waals surface area contributed by atoms with Gasteiger partial charge < -0.3 is 10.2 Å². The zero-order valence-corrected chi connectivity index (χ0v) is 16.7. The molecule has 0 unspecified atom stereocenters. The fourth-order valence-corrected chi connectivity index (χ4v) is 3.32. The summed E-state index contributed by atoms with van der Waals surface area (Å²) in [6.45, 7) is 1.69. The van der Waals surface area contributed by atoms with E-state index in [1.165, 1.54) is 6.07 Å². The second kappa shape index (κ2) is 7.93. The molecule has 0 radical (unpaired) electrons. The van der Waals surface area contributed by atoms with Gasteiger partial charge in [0.05, 0.1) is 4.92 Å². The number of benzene rings is 1. The molecule has 0 saturated carbocycles. The lowest BCUT2D eigenvalue weighted by Gasteiger charge is -2.31. The second-order valence-corrected chi connectivity index (χ2v) is 7.45. The summed E-state index contributed by atoms with van der Waals surface area (Å²) >= 11 is 2.95. The van der Waals surface area contributed by atoms with E-state index in [1.54, 1.807) is 11.8 Å². The van der Waals surface area contributed by atoms with Crippen LogP contribution in [0, 0.1) is 22.9 Å². The van der Waals surface area contributed by atoms with Crippen molar-refractivity contribution in [3.8, 4) is 0 Å². The zero-order chi connectivity index (χ0) is 21.3. The lowest BCUT2D eigenvalue weighted by molar-refractivity contribution is -0.385. The van der Waals surface area contributed by atoms with Crippen LogP contribution in [-0.2, 0) is 0 Å². The van der Waals surface area contributed by atoms with Gasteiger partial charge in [-0.1, -0.05) is 15.9 Å². The van der Waals surface area contributed by atoms with E-state index in [4.69, 9.17) is 0 Å². The number of aryl methyl sites for hydroxylation is 1. The van der Waals surface area contributed by atoms with Gasteiger partial charge in [0.2, 0.25) is 5.95 Å². The monoisotopic (exact) mass is 473 g/mol. The van der Waals surface area contributed by atoms with Crippen LogP contribution in [-0.4, -0.2) is 39.8 Å². The molecule has 1 N–H and O–H groups in total. The minimum atomic E-state index is -2.74. The highest BCUT2D eigenvalue weighted by atomic mass is 79.9. The Morgan fingerprint density at radius 3 is 2.55 bits per heavy atom. The molecule has 1 amide bonds. The van der Waals surface area contributed by atoms with Gasteiger partial charge in [0, 0.05) is 48.2 Å². The molecule has 0 aliphatic carbocycles. The maximum absolute atomic E-state index is 14.2. The van der Waals surface area contributed by atoms with Crippen LogP contribution in [0.1, 0.15) is 28.9 Å². The third kappa shape index (κ3) is 4.81. The molecule has 0 atom stereocenters. The number of nitrogens with one attached hydrogen (secondary N) is 1. The molecule has 1 aromatic carbocycles. The third-order valence-electron chi connectivity index (χ3n) is 4.32. The molecule has 0 spiro atoms. The highest BCUT2D eigenvalue weighted by molar-refractivity contribution is 9.10. The summed E-state index contributed by atoms with van der Waals surface area (Å²) in [4.78, 5) is 32.7. The van der Waals surface area contributed by atoms with E-state index < -0.39 is 33.8 Å². The maximum atomic E-state index is 14.2. The maximum Gasteiger partial charge on any atom is 0.286 e. The average Bonchev–Trinajstić information content (AvgIpc) is 2.60. The van der Waals surface area contributed by atoms with Crippen molar-refractivity contribution < 1.29 is 22.9 Å². The fourth-order valence-electron chi connectivity index (χ4n) is 2.90. The topological polar surface area (TPSA) is 101 Å². The van der Waals surface area contributed by atoms with Crippen LogP contribution in [0.5, 0.6) is 0 Å². The smallest absolute Gasteiger partial charge is 0.286 e. The summed E-state index contributed by atoms with van der Waals surface area (Å²) < 4.78 is 41.1. The minimum Gasteiger partial charge on any atom is -0.340 e. The number of rotatable bonds is 4. The predicted octanol–water partition coefficient (Wildman–Crippen LogP) is 4.08. The molecule has 12 heteroatoms. The molecule has 0 bridgehead atoms. The number of alkyl halides is 2. The number of nitrogens with zero attached hydrogens (tertiary/aromatic N) is 4. The van der Waals surface area contributed by atoms with Crippen molar-refractivity contribution in [1.29, 1.82) is 0 Å². The molecule has 1 aliphatic rings. The number of anilines is 2. The van der Waals surface area contributed by atoms with Crippen LogP contribution in [0.2, 0.25) is 0 Å². The number of piperidine rings is 1. The zero-order valence-electron chi connectivity index (χ0n) is 15.1. The van der Waals surface area contributed by atoms with Crippen LogP contribution in [0.4, 0.5) is 30.6 Å². The molecule has 2 aromatic rings. The van der Waals surface area contributed by atoms with Gasteiger partial charge in [-0.25, -0.2) is 18.2 Å². The van der Waals surface area contributed by atoms with Gasteiger partial charge in [0.15, 0.2) is 5.56 Å². The molecule has 3 rings (SSSR count). The van der Waals surface area contributed by atoms with Crippen molar-refractivity contribution in [2.45, 2.75) is 25.7 Å².